The molecule has 0 aliphatic heterocycles. The lowest BCUT2D eigenvalue weighted by Crippen LogP contribution is -2.49. The predicted molar refractivity (Wildman–Crippen MR) is 505 cm³/mol. The number of hydrogen-bond acceptors (Lipinski definition) is 17. The van der Waals surface area contributed by atoms with Crippen LogP contribution in [0, 0.1) is 16.2 Å². The van der Waals surface area contributed by atoms with Gasteiger partial charge < -0.3 is 58.0 Å². The zero-order valence-electron chi connectivity index (χ0n) is 78.0. The van der Waals surface area contributed by atoms with Gasteiger partial charge in [-0.25, -0.2) is 24.0 Å². The van der Waals surface area contributed by atoms with Gasteiger partial charge in [-0.05, 0) is 191 Å². The predicted octanol–water partition coefficient (Wildman–Crippen LogP) is 19.9. The summed E-state index contributed by atoms with van der Waals surface area (Å²) in [5.74, 6) is -1.29. The first-order valence-corrected chi connectivity index (χ1v) is 43.4. The summed E-state index contributed by atoms with van der Waals surface area (Å²) in [5.41, 5.74) is 5.70. The maximum atomic E-state index is 13.1. The Labute approximate surface area is 762 Å². The van der Waals surface area contributed by atoms with Crippen molar-refractivity contribution in [1.29, 1.82) is 0 Å². The quantitative estimate of drug-likeness (QED) is 0.0228. The van der Waals surface area contributed by atoms with Gasteiger partial charge in [0.25, 0.3) is 29.5 Å². The molecule has 0 bridgehead atoms. The molecule has 1 N–H and O–H groups in total. The molecular weight excluding hydrogens is 1630 g/mol. The van der Waals surface area contributed by atoms with Crippen molar-refractivity contribution in [3.8, 4) is 5.75 Å². The largest absolute Gasteiger partial charge is 0.497 e. The van der Waals surface area contributed by atoms with Gasteiger partial charge in [0.05, 0.1) is 54.7 Å². The van der Waals surface area contributed by atoms with E-state index in [-0.39, 0.29) is 119 Å². The zero-order valence-corrected chi connectivity index (χ0v) is 78.0. The molecule has 129 heavy (non-hydrogen) atoms. The maximum Gasteiger partial charge on any atom is 0.338 e. The highest BCUT2D eigenvalue weighted by Crippen LogP contribution is 2.36. The first-order chi connectivity index (χ1) is 61.4. The fraction of sp³-hybridized carbons (Fsp3) is 0.346. The lowest BCUT2D eigenvalue weighted by Gasteiger charge is -2.42. The van der Waals surface area contributed by atoms with Crippen molar-refractivity contribution in [2.45, 2.75) is 159 Å². The van der Waals surface area contributed by atoms with Crippen LogP contribution in [0.3, 0.4) is 0 Å². The van der Waals surface area contributed by atoms with E-state index in [1.807, 2.05) is 194 Å². The number of nitrogens with zero attached hydrogens (tertiary/aromatic N) is 5. The van der Waals surface area contributed by atoms with Crippen molar-refractivity contribution in [3.05, 3.63) is 352 Å². The van der Waals surface area contributed by atoms with Crippen LogP contribution in [0.4, 0.5) is 0 Å². The summed E-state index contributed by atoms with van der Waals surface area (Å²) in [5, 5.41) is 9.06. The van der Waals surface area contributed by atoms with Gasteiger partial charge >= 0.3 is 29.8 Å². The topological polar surface area (TPSA) is 263 Å². The summed E-state index contributed by atoms with van der Waals surface area (Å²) in [7, 11) is 8.66. The van der Waals surface area contributed by atoms with Crippen LogP contribution in [-0.2, 0) is 30.3 Å². The molecule has 6 unspecified atom stereocenters. The van der Waals surface area contributed by atoms with E-state index in [2.05, 4.69) is 41.5 Å². The van der Waals surface area contributed by atoms with Crippen LogP contribution < -0.4 is 4.74 Å². The lowest BCUT2D eigenvalue weighted by atomic mass is 9.77. The van der Waals surface area contributed by atoms with Crippen LogP contribution in [-0.4, -0.2) is 194 Å². The van der Waals surface area contributed by atoms with Gasteiger partial charge in [0.1, 0.15) is 24.1 Å². The Kier molecular flexibility index (Phi) is 42.7. The molecule has 0 saturated heterocycles. The van der Waals surface area contributed by atoms with Gasteiger partial charge in [-0.15, -0.1) is 0 Å². The van der Waals surface area contributed by atoms with Crippen molar-refractivity contribution >= 4 is 59.4 Å². The molecule has 0 spiro atoms. The third-order valence-corrected chi connectivity index (χ3v) is 21.2. The molecule has 0 aromatic heterocycles. The van der Waals surface area contributed by atoms with E-state index >= 15 is 0 Å². The van der Waals surface area contributed by atoms with Gasteiger partial charge in [-0.2, -0.15) is 0 Å². The number of amides is 5. The normalized spacial score (nSPS) is 12.3. The summed E-state index contributed by atoms with van der Waals surface area (Å²) < 4.78 is 32.7. The van der Waals surface area contributed by atoms with E-state index in [9.17, 15) is 47.9 Å². The third-order valence-electron chi connectivity index (χ3n) is 21.2. The zero-order chi connectivity index (χ0) is 94.8. The van der Waals surface area contributed by atoms with Crippen LogP contribution in [0.5, 0.6) is 5.75 Å². The van der Waals surface area contributed by atoms with Crippen molar-refractivity contribution in [1.82, 2.24) is 24.5 Å². The number of carbonyl (C=O) groups is 10. The second-order valence-electron chi connectivity index (χ2n) is 34.5. The minimum atomic E-state index is -0.423. The fourth-order valence-corrected chi connectivity index (χ4v) is 13.8. The molecule has 0 aliphatic rings. The maximum absolute atomic E-state index is 13.1. The van der Waals surface area contributed by atoms with Gasteiger partial charge in [0.15, 0.2) is 0 Å². The second kappa shape index (κ2) is 52.7. The van der Waals surface area contributed by atoms with Gasteiger partial charge in [-0.1, -0.05) is 213 Å². The number of ether oxygens (including phenoxy) is 6. The number of aliphatic hydroxyl groups excluding tert-OH is 1. The highest BCUT2D eigenvalue weighted by Gasteiger charge is 2.39. The summed E-state index contributed by atoms with van der Waals surface area (Å²) in [6.45, 7) is 28.1. The van der Waals surface area contributed by atoms with Crippen LogP contribution in [0.15, 0.2) is 291 Å². The monoisotopic (exact) mass is 1760 g/mol. The Balaban J connectivity index is 0.000000249. The molecule has 0 fully saturated rings. The lowest BCUT2D eigenvalue weighted by molar-refractivity contribution is -0.0252. The molecule has 5 amide bonds. The number of esters is 5. The molecule has 10 aromatic rings. The number of benzene rings is 10. The first kappa shape index (κ1) is 104. The minimum Gasteiger partial charge on any atom is -0.497 e. The molecule has 0 saturated carbocycles. The van der Waals surface area contributed by atoms with E-state index in [1.54, 1.807) is 206 Å². The number of carbonyl (C=O) groups excluding carboxylic acids is 10. The van der Waals surface area contributed by atoms with E-state index in [1.165, 1.54) is 0 Å². The van der Waals surface area contributed by atoms with Gasteiger partial charge in [0, 0.05) is 118 Å². The second-order valence-corrected chi connectivity index (χ2v) is 34.5. The standard InChI is InChI=1S/C26H35NO3.C22H27NO5.C21H25NO3.C20H23NO3.C18H19NO3/c1-25(2,3)21(27(7)23(28)19-14-10-8-11-15-19)18-22(26(4,5)6)30-24(29)20-16-12-9-13-17-20;1-15(23(3)21(25)18-9-11-20(27-4)12-10-18)13-16(2)28-22(26)19-7-5-17(14-24)6-8-19;1-4-22(20(23)18-11-7-5-8-12-18)16(2)15-17(3)25-21(24)19-13-9-6-10-14-19;1-20(2,15-24-19(23)17-12-8-5-9-13-17)14-21(3)18(22)16-10-6-4-7-11-16;1-19(17(20)15-9-4-2-5-10-15)13-8-14-22-18(21)16-11-6-3-7-12-16/h8-17,21-22H,18H2,1-7H3;5-12,15-16,24H,13-14H2,1-4H3;5-14,16-17H,4,15H2,1-3H3;4-13H,14-15H2,1-3H3;2-7,9-12H,8,13-14H2,1H3. The summed E-state index contributed by atoms with van der Waals surface area (Å²) in [6, 6.07) is 85.9. The van der Waals surface area contributed by atoms with Crippen molar-refractivity contribution in [2.75, 3.05) is 68.1 Å². The molecule has 684 valence electrons. The molecule has 0 aliphatic carbocycles. The molecular formula is C107H129N5O17. The Morgan fingerprint density at radius 3 is 1.05 bits per heavy atom. The Hall–Kier alpha value is -13.3. The van der Waals surface area contributed by atoms with E-state index in [0.29, 0.717) is 113 Å². The van der Waals surface area contributed by atoms with E-state index < -0.39 is 5.97 Å². The number of aliphatic hydroxyl groups is 1. The van der Waals surface area contributed by atoms with E-state index in [4.69, 9.17) is 33.5 Å². The molecule has 10 aromatic carbocycles. The van der Waals surface area contributed by atoms with E-state index in [0.717, 1.165) is 5.56 Å². The average Bonchev–Trinajstić information content (AvgIpc) is 0.804. The van der Waals surface area contributed by atoms with Crippen molar-refractivity contribution in [2.24, 2.45) is 16.2 Å². The highest BCUT2D eigenvalue weighted by atomic mass is 16.6. The third kappa shape index (κ3) is 35.4. The summed E-state index contributed by atoms with van der Waals surface area (Å²) in [6.07, 6.45) is 1.28. The van der Waals surface area contributed by atoms with Crippen molar-refractivity contribution < 1.29 is 81.5 Å². The SMILES string of the molecule is CCN(C(=O)c1ccccc1)C(C)CC(C)OC(=O)c1ccccc1.CN(C(=O)c1ccccc1)C(CC(OC(=O)c1ccccc1)C(C)(C)C)C(C)(C)C.CN(CC(C)(C)COC(=O)c1ccccc1)C(=O)c1ccccc1.CN(CCCOC(=O)c1ccccc1)C(=O)c1ccccc1.COc1ccc(C(=O)N(C)C(C)CC(C)OC(=O)c2ccc(CO)cc2)cc1. The Bertz CT molecular complexity index is 5080. The highest BCUT2D eigenvalue weighted by molar-refractivity contribution is 5.97. The fourth-order valence-electron chi connectivity index (χ4n) is 13.8. The first-order valence-electron chi connectivity index (χ1n) is 43.4. The smallest absolute Gasteiger partial charge is 0.338 e. The van der Waals surface area contributed by atoms with Crippen LogP contribution in [0.1, 0.15) is 225 Å². The Morgan fingerprint density at radius 1 is 0.349 bits per heavy atom. The summed E-state index contributed by atoms with van der Waals surface area (Å²) >= 11 is 0. The molecule has 22 heteroatoms. The van der Waals surface area contributed by atoms with Crippen LogP contribution in [0.25, 0.3) is 0 Å². The number of methoxy groups -OCH3 is 1. The van der Waals surface area contributed by atoms with Gasteiger partial charge in [-0.3, -0.25) is 24.0 Å². The van der Waals surface area contributed by atoms with Crippen molar-refractivity contribution in [3.63, 3.8) is 0 Å². The average molecular weight is 1760 g/mol. The molecule has 22 nitrogen and oxygen atoms in total. The molecule has 0 radical (unpaired) electrons. The Morgan fingerprint density at radius 2 is 0.674 bits per heavy atom. The molecule has 0 heterocycles. The van der Waals surface area contributed by atoms with Crippen LogP contribution in [0.2, 0.25) is 0 Å². The molecule has 10 rings (SSSR count). The molecule has 6 atom stereocenters. The van der Waals surface area contributed by atoms with Crippen LogP contribution >= 0.6 is 0 Å². The minimum absolute atomic E-state index is 0.00261. The number of hydrogen-bond donors (Lipinski definition) is 1. The summed E-state index contributed by atoms with van der Waals surface area (Å²) in [4.78, 5) is 132. The van der Waals surface area contributed by atoms with Gasteiger partial charge in [0.2, 0.25) is 0 Å². The number of rotatable bonds is 33.